The predicted molar refractivity (Wildman–Crippen MR) is 79.5 cm³/mol. The van der Waals surface area contributed by atoms with Crippen LogP contribution < -0.4 is 5.32 Å². The number of thiophene rings is 1. The second-order valence-electron chi connectivity index (χ2n) is 3.91. The Labute approximate surface area is 115 Å². The molecule has 0 aliphatic carbocycles. The Morgan fingerprint density at radius 2 is 2.06 bits per heavy atom. The number of nitrogens with one attached hydrogen (secondary N) is 1. The summed E-state index contributed by atoms with van der Waals surface area (Å²) in [5.41, 5.74) is 2.09. The molecule has 1 N–H and O–H groups in total. The Morgan fingerprint density at radius 1 is 1.28 bits per heavy atom. The number of carbonyl (C=O) groups excluding carboxylic acids is 1. The molecule has 0 radical (unpaired) electrons. The van der Waals surface area contributed by atoms with E-state index in [0.717, 1.165) is 12.1 Å². The Morgan fingerprint density at radius 3 is 2.67 bits per heavy atom. The van der Waals surface area contributed by atoms with Crippen LogP contribution >= 0.6 is 23.1 Å². The van der Waals surface area contributed by atoms with Gasteiger partial charge in [-0.1, -0.05) is 0 Å². The average molecular weight is 277 g/mol. The third kappa shape index (κ3) is 3.89. The minimum absolute atomic E-state index is 0.0677. The molecule has 0 fully saturated rings. The topological polar surface area (TPSA) is 29.1 Å². The third-order valence-corrected chi connectivity index (χ3v) is 4.07. The van der Waals surface area contributed by atoms with Gasteiger partial charge in [0, 0.05) is 17.0 Å². The van der Waals surface area contributed by atoms with Crippen LogP contribution in [-0.4, -0.2) is 12.2 Å². The van der Waals surface area contributed by atoms with Crippen molar-refractivity contribution < 1.29 is 4.79 Å². The molecule has 0 atom stereocenters. The molecule has 0 aliphatic rings. The number of thioether (sulfide) groups is 1. The lowest BCUT2D eigenvalue weighted by molar-refractivity contribution is -0.116. The van der Waals surface area contributed by atoms with Gasteiger partial charge in [-0.2, -0.15) is 11.3 Å². The molecule has 18 heavy (non-hydrogen) atoms. The minimum Gasteiger partial charge on any atom is -0.326 e. The number of aryl methyl sites for hydroxylation is 1. The Hall–Kier alpha value is -1.26. The monoisotopic (exact) mass is 277 g/mol. The Kier molecular flexibility index (Phi) is 4.84. The largest absolute Gasteiger partial charge is 0.326 e. The van der Waals surface area contributed by atoms with Crippen molar-refractivity contribution in [2.24, 2.45) is 0 Å². The zero-order valence-corrected chi connectivity index (χ0v) is 11.8. The van der Waals surface area contributed by atoms with Crippen LogP contribution in [0.25, 0.3) is 0 Å². The van der Waals surface area contributed by atoms with Crippen LogP contribution in [0.5, 0.6) is 0 Å². The van der Waals surface area contributed by atoms with Crippen molar-refractivity contribution in [3.05, 3.63) is 46.7 Å². The van der Waals surface area contributed by atoms with E-state index in [2.05, 4.69) is 16.8 Å². The summed E-state index contributed by atoms with van der Waals surface area (Å²) in [6.45, 7) is 0. The van der Waals surface area contributed by atoms with E-state index in [0.29, 0.717) is 6.42 Å². The first kappa shape index (κ1) is 13.2. The van der Waals surface area contributed by atoms with Crippen LogP contribution in [0.2, 0.25) is 0 Å². The summed E-state index contributed by atoms with van der Waals surface area (Å²) >= 11 is 3.36. The van der Waals surface area contributed by atoms with Crippen molar-refractivity contribution in [2.45, 2.75) is 17.7 Å². The second-order valence-corrected chi connectivity index (χ2v) is 5.57. The van der Waals surface area contributed by atoms with Crippen molar-refractivity contribution in [3.8, 4) is 0 Å². The van der Waals surface area contributed by atoms with E-state index in [1.165, 1.54) is 10.5 Å². The smallest absolute Gasteiger partial charge is 0.224 e. The van der Waals surface area contributed by atoms with Gasteiger partial charge in [0.1, 0.15) is 0 Å². The summed E-state index contributed by atoms with van der Waals surface area (Å²) < 4.78 is 0. The lowest BCUT2D eigenvalue weighted by Gasteiger charge is -2.05. The van der Waals surface area contributed by atoms with Crippen LogP contribution in [0.15, 0.2) is 46.0 Å². The summed E-state index contributed by atoms with van der Waals surface area (Å²) in [6, 6.07) is 9.96. The zero-order chi connectivity index (χ0) is 12.8. The van der Waals surface area contributed by atoms with Crippen molar-refractivity contribution in [1.82, 2.24) is 0 Å². The van der Waals surface area contributed by atoms with Crippen LogP contribution in [0.1, 0.15) is 12.0 Å². The number of rotatable bonds is 5. The molecule has 0 spiro atoms. The SMILES string of the molecule is CSc1ccc(NC(=O)CCc2ccsc2)cc1. The maximum Gasteiger partial charge on any atom is 0.224 e. The Balaban J connectivity index is 1.83. The Bertz CT molecular complexity index is 491. The van der Waals surface area contributed by atoms with E-state index in [4.69, 9.17) is 0 Å². The highest BCUT2D eigenvalue weighted by Crippen LogP contribution is 2.17. The maximum absolute atomic E-state index is 11.7. The van der Waals surface area contributed by atoms with Gasteiger partial charge in [0.05, 0.1) is 0 Å². The standard InChI is InChI=1S/C14H15NOS2/c1-17-13-5-3-12(4-6-13)15-14(16)7-2-11-8-9-18-10-11/h3-6,8-10H,2,7H2,1H3,(H,15,16). The van der Waals surface area contributed by atoms with Crippen molar-refractivity contribution >= 4 is 34.7 Å². The number of benzene rings is 1. The molecule has 0 saturated carbocycles. The van der Waals surface area contributed by atoms with E-state index >= 15 is 0 Å². The van der Waals surface area contributed by atoms with Gasteiger partial charge in [-0.3, -0.25) is 4.79 Å². The molecule has 0 unspecified atom stereocenters. The normalized spacial score (nSPS) is 10.3. The highest BCUT2D eigenvalue weighted by Gasteiger charge is 2.03. The fourth-order valence-corrected chi connectivity index (χ4v) is 2.70. The predicted octanol–water partition coefficient (Wildman–Crippen LogP) is 4.04. The molecule has 4 heteroatoms. The fourth-order valence-electron chi connectivity index (χ4n) is 1.59. The second kappa shape index (κ2) is 6.61. The van der Waals surface area contributed by atoms with E-state index in [1.54, 1.807) is 23.1 Å². The minimum atomic E-state index is 0.0677. The van der Waals surface area contributed by atoms with Crippen molar-refractivity contribution in [2.75, 3.05) is 11.6 Å². The quantitative estimate of drug-likeness (QED) is 0.836. The van der Waals surface area contributed by atoms with E-state index in [-0.39, 0.29) is 5.91 Å². The van der Waals surface area contributed by atoms with Crippen LogP contribution in [0, 0.1) is 0 Å². The number of anilines is 1. The number of hydrogen-bond acceptors (Lipinski definition) is 3. The first-order valence-corrected chi connectivity index (χ1v) is 7.89. The molecule has 2 aromatic rings. The molecule has 94 valence electrons. The van der Waals surface area contributed by atoms with E-state index < -0.39 is 0 Å². The first-order chi connectivity index (χ1) is 8.78. The molecule has 1 aromatic heterocycles. The van der Waals surface area contributed by atoms with Crippen LogP contribution in [-0.2, 0) is 11.2 Å². The van der Waals surface area contributed by atoms with Gasteiger partial charge in [-0.05, 0) is 59.3 Å². The van der Waals surface area contributed by atoms with E-state index in [1.807, 2.05) is 35.9 Å². The summed E-state index contributed by atoms with van der Waals surface area (Å²) in [5.74, 6) is 0.0677. The molecular weight excluding hydrogens is 262 g/mol. The zero-order valence-electron chi connectivity index (χ0n) is 10.2. The molecule has 0 aliphatic heterocycles. The third-order valence-electron chi connectivity index (χ3n) is 2.59. The number of hydrogen-bond donors (Lipinski definition) is 1. The van der Waals surface area contributed by atoms with E-state index in [9.17, 15) is 4.79 Å². The molecule has 1 amide bonds. The van der Waals surface area contributed by atoms with Gasteiger partial charge in [0.2, 0.25) is 5.91 Å². The lowest BCUT2D eigenvalue weighted by atomic mass is 10.2. The number of amides is 1. The molecule has 0 bridgehead atoms. The average Bonchev–Trinajstić information content (AvgIpc) is 2.90. The molecule has 2 nitrogen and oxygen atoms in total. The van der Waals surface area contributed by atoms with Gasteiger partial charge >= 0.3 is 0 Å². The first-order valence-electron chi connectivity index (χ1n) is 5.73. The van der Waals surface area contributed by atoms with Crippen LogP contribution in [0.4, 0.5) is 5.69 Å². The van der Waals surface area contributed by atoms with Crippen molar-refractivity contribution in [3.63, 3.8) is 0 Å². The maximum atomic E-state index is 11.7. The summed E-state index contributed by atoms with van der Waals surface area (Å²) in [5, 5.41) is 7.03. The molecule has 0 saturated heterocycles. The van der Waals surface area contributed by atoms with Gasteiger partial charge in [0.15, 0.2) is 0 Å². The van der Waals surface area contributed by atoms with Gasteiger partial charge in [-0.15, -0.1) is 11.8 Å². The lowest BCUT2D eigenvalue weighted by Crippen LogP contribution is -2.11. The highest BCUT2D eigenvalue weighted by atomic mass is 32.2. The summed E-state index contributed by atoms with van der Waals surface area (Å²) in [4.78, 5) is 12.9. The van der Waals surface area contributed by atoms with Crippen LogP contribution in [0.3, 0.4) is 0 Å². The molecule has 1 aromatic carbocycles. The van der Waals surface area contributed by atoms with Gasteiger partial charge in [0.25, 0.3) is 0 Å². The molecular formula is C14H15NOS2. The summed E-state index contributed by atoms with van der Waals surface area (Å²) in [7, 11) is 0. The number of carbonyl (C=O) groups is 1. The summed E-state index contributed by atoms with van der Waals surface area (Å²) in [6.07, 6.45) is 3.37. The van der Waals surface area contributed by atoms with Crippen molar-refractivity contribution in [1.29, 1.82) is 0 Å². The molecule has 2 rings (SSSR count). The van der Waals surface area contributed by atoms with Gasteiger partial charge < -0.3 is 5.32 Å². The van der Waals surface area contributed by atoms with Gasteiger partial charge in [-0.25, -0.2) is 0 Å². The molecule has 1 heterocycles. The fraction of sp³-hybridized carbons (Fsp3) is 0.214. The highest BCUT2D eigenvalue weighted by molar-refractivity contribution is 7.98.